The summed E-state index contributed by atoms with van der Waals surface area (Å²) in [5.74, 6) is -0.566. The number of benzene rings is 4. The number of rotatable bonds is 9. The number of fused-ring (bicyclic) bond motifs is 8. The monoisotopic (exact) mass is 1020 g/mol. The SMILES string of the molecule is COC(=O)c1ccc2c(C3CCCCC3)c3n(c2c1)CCCn1c(C(=O)NCCN2CCCCC2)cc2cccc-3c21.COC(=O)c1ccc2c(C3CCCCC3)c3n(c2c1)CCCn1c(C(=O)O)cc2cccc-3c21. The van der Waals surface area contributed by atoms with Crippen LogP contribution in [-0.2, 0) is 35.7 Å². The van der Waals surface area contributed by atoms with Crippen LogP contribution in [-0.4, -0.2) is 92.5 Å². The molecule has 3 aliphatic heterocycles. The molecule has 0 atom stereocenters. The number of hydrogen-bond donors (Lipinski definition) is 2. The van der Waals surface area contributed by atoms with Gasteiger partial charge in [-0.25, -0.2) is 14.4 Å². The highest BCUT2D eigenvalue weighted by Gasteiger charge is 2.33. The van der Waals surface area contributed by atoms with Crippen molar-refractivity contribution in [3.05, 3.63) is 119 Å². The minimum Gasteiger partial charge on any atom is -0.477 e. The number of carboxylic acid groups (broad SMARTS) is 1. The van der Waals surface area contributed by atoms with Gasteiger partial charge in [-0.15, -0.1) is 0 Å². The van der Waals surface area contributed by atoms with Crippen molar-refractivity contribution in [3.8, 4) is 22.5 Å². The lowest BCUT2D eigenvalue weighted by atomic mass is 9.81. The number of aromatic nitrogens is 4. The maximum absolute atomic E-state index is 13.6. The summed E-state index contributed by atoms with van der Waals surface area (Å²) < 4.78 is 19.2. The van der Waals surface area contributed by atoms with Crippen LogP contribution in [0.1, 0.15) is 161 Å². The van der Waals surface area contributed by atoms with Gasteiger partial charge in [0.2, 0.25) is 0 Å². The van der Waals surface area contributed by atoms with Gasteiger partial charge in [0.25, 0.3) is 5.91 Å². The number of esters is 2. The van der Waals surface area contributed by atoms with E-state index in [1.54, 1.807) is 6.07 Å². The number of aryl methyl sites for hydroxylation is 4. The van der Waals surface area contributed by atoms with Gasteiger partial charge < -0.3 is 43.1 Å². The summed E-state index contributed by atoms with van der Waals surface area (Å²) in [6.07, 6.45) is 17.7. The number of amides is 1. The summed E-state index contributed by atoms with van der Waals surface area (Å²) in [5, 5.41) is 17.6. The molecule has 5 aliphatic rings. The minimum atomic E-state index is -0.890. The standard InChI is InChI=1S/C35H42N4O3.C28H28N2O4/c1-42-35(41)26-14-15-27-29(23-26)38-19-9-20-39-30(34(40)36-16-21-37-17-6-3-7-18-37)22-25-12-8-13-28(32(25)39)33(38)31(27)24-10-4-2-5-11-24;1-34-28(33)19-11-12-20-22(16-19)29-13-6-14-30-23(27(31)32)15-18-9-5-10-21(25(18)30)26(29)24(20)17-7-3-2-4-8-17/h8,12-15,22-24H,2-7,9-11,16-21H2,1H3,(H,36,40);5,9-12,15-17H,2-4,6-8,13-14H2,1H3,(H,31,32). The molecular formula is C63H70N6O7. The van der Waals surface area contributed by atoms with Crippen molar-refractivity contribution in [2.75, 3.05) is 40.4 Å². The molecule has 0 unspecified atom stereocenters. The first-order valence-electron chi connectivity index (χ1n) is 28.2. The summed E-state index contributed by atoms with van der Waals surface area (Å²) >= 11 is 0. The van der Waals surface area contributed by atoms with E-state index in [4.69, 9.17) is 9.47 Å². The number of aromatic carboxylic acids is 1. The summed E-state index contributed by atoms with van der Waals surface area (Å²) in [5.41, 5.74) is 14.1. The van der Waals surface area contributed by atoms with E-state index in [2.05, 4.69) is 66.4 Å². The van der Waals surface area contributed by atoms with Crippen LogP contribution in [0.5, 0.6) is 0 Å². The van der Waals surface area contributed by atoms with Crippen LogP contribution >= 0.6 is 0 Å². The predicted octanol–water partition coefficient (Wildman–Crippen LogP) is 12.9. The maximum atomic E-state index is 13.6. The summed E-state index contributed by atoms with van der Waals surface area (Å²) in [4.78, 5) is 53.0. The lowest BCUT2D eigenvalue weighted by Gasteiger charge is -2.26. The van der Waals surface area contributed by atoms with E-state index in [1.165, 1.54) is 124 Å². The zero-order valence-corrected chi connectivity index (χ0v) is 44.1. The van der Waals surface area contributed by atoms with Gasteiger partial charge in [0.05, 0.1) is 47.8 Å². The number of hydrogen-bond acceptors (Lipinski definition) is 7. The highest BCUT2D eigenvalue weighted by atomic mass is 16.5. The predicted molar refractivity (Wildman–Crippen MR) is 299 cm³/mol. The molecule has 394 valence electrons. The number of carboxylic acids is 1. The van der Waals surface area contributed by atoms with Crippen molar-refractivity contribution >= 4 is 67.4 Å². The summed E-state index contributed by atoms with van der Waals surface area (Å²) in [7, 11) is 2.86. The highest BCUT2D eigenvalue weighted by Crippen LogP contribution is 2.49. The average molecular weight is 1020 g/mol. The van der Waals surface area contributed by atoms with E-state index < -0.39 is 5.97 Å². The van der Waals surface area contributed by atoms with Crippen LogP contribution in [0.3, 0.4) is 0 Å². The van der Waals surface area contributed by atoms with Gasteiger partial charge in [-0.05, 0) is 124 Å². The second-order valence-corrected chi connectivity index (χ2v) is 22.0. The molecule has 4 aromatic heterocycles. The third-order valence-corrected chi connectivity index (χ3v) is 17.6. The first kappa shape index (κ1) is 49.7. The Balaban J connectivity index is 0.000000157. The van der Waals surface area contributed by atoms with Crippen LogP contribution in [0.4, 0.5) is 0 Å². The molecule has 13 nitrogen and oxygen atoms in total. The topological polar surface area (TPSA) is 142 Å². The van der Waals surface area contributed by atoms with E-state index in [0.717, 1.165) is 109 Å². The van der Waals surface area contributed by atoms with Crippen molar-refractivity contribution in [1.82, 2.24) is 28.5 Å². The molecule has 4 aromatic carbocycles. The molecule has 7 heterocycles. The Morgan fingerprint density at radius 3 is 1.47 bits per heavy atom. The lowest BCUT2D eigenvalue weighted by Crippen LogP contribution is -2.38. The lowest BCUT2D eigenvalue weighted by molar-refractivity contribution is 0.0592. The van der Waals surface area contributed by atoms with Gasteiger partial charge in [0, 0.05) is 83.0 Å². The van der Waals surface area contributed by atoms with Gasteiger partial charge >= 0.3 is 17.9 Å². The van der Waals surface area contributed by atoms with Gasteiger partial charge in [0.15, 0.2) is 0 Å². The molecule has 0 radical (unpaired) electrons. The van der Waals surface area contributed by atoms with Crippen molar-refractivity contribution in [1.29, 1.82) is 0 Å². The molecule has 2 saturated carbocycles. The average Bonchev–Trinajstić information content (AvgIpc) is 4.28. The Kier molecular flexibility index (Phi) is 13.8. The van der Waals surface area contributed by atoms with Crippen LogP contribution in [0.2, 0.25) is 0 Å². The highest BCUT2D eigenvalue weighted by molar-refractivity contribution is 6.07. The summed E-state index contributed by atoms with van der Waals surface area (Å²) in [6.45, 7) is 6.85. The van der Waals surface area contributed by atoms with Gasteiger partial charge in [-0.1, -0.05) is 93.5 Å². The number of carbonyl (C=O) groups excluding carboxylic acids is 3. The number of nitrogens with zero attached hydrogens (tertiary/aromatic N) is 5. The maximum Gasteiger partial charge on any atom is 0.352 e. The minimum absolute atomic E-state index is 0.0190. The molecule has 13 heteroatoms. The Bertz CT molecular complexity index is 3550. The Morgan fingerprint density at radius 1 is 0.526 bits per heavy atom. The van der Waals surface area contributed by atoms with Crippen molar-refractivity contribution in [3.63, 3.8) is 0 Å². The number of piperidine rings is 1. The number of likely N-dealkylation sites (tertiary alicyclic amines) is 1. The van der Waals surface area contributed by atoms with Crippen LogP contribution in [0.25, 0.3) is 66.1 Å². The zero-order chi connectivity index (χ0) is 52.0. The molecule has 2 N–H and O–H groups in total. The summed E-state index contributed by atoms with van der Waals surface area (Å²) in [6, 6.07) is 28.6. The van der Waals surface area contributed by atoms with Crippen LogP contribution < -0.4 is 5.32 Å². The molecule has 1 saturated heterocycles. The third-order valence-electron chi connectivity index (χ3n) is 17.6. The quantitative estimate of drug-likeness (QED) is 0.136. The van der Waals surface area contributed by atoms with Crippen LogP contribution in [0, 0.1) is 0 Å². The molecule has 2 aliphatic carbocycles. The number of nitrogens with one attached hydrogen (secondary N) is 1. The smallest absolute Gasteiger partial charge is 0.352 e. The second kappa shape index (κ2) is 21.1. The van der Waals surface area contributed by atoms with Crippen molar-refractivity contribution in [2.24, 2.45) is 0 Å². The molecule has 13 rings (SSSR count). The first-order chi connectivity index (χ1) is 37.2. The number of methoxy groups -OCH3 is 2. The fourth-order valence-corrected chi connectivity index (χ4v) is 14.1. The largest absolute Gasteiger partial charge is 0.477 e. The van der Waals surface area contributed by atoms with Crippen molar-refractivity contribution in [2.45, 2.75) is 134 Å². The molecule has 1 amide bonds. The van der Waals surface area contributed by atoms with E-state index in [0.29, 0.717) is 41.7 Å². The van der Waals surface area contributed by atoms with Crippen molar-refractivity contribution < 1.29 is 33.8 Å². The van der Waals surface area contributed by atoms with Gasteiger partial charge in [0.1, 0.15) is 11.4 Å². The van der Waals surface area contributed by atoms with Crippen LogP contribution in [0.15, 0.2) is 84.9 Å². The molecule has 8 aromatic rings. The Morgan fingerprint density at radius 2 is 0.987 bits per heavy atom. The van der Waals surface area contributed by atoms with Gasteiger partial charge in [-0.2, -0.15) is 0 Å². The fraction of sp³-hybridized carbons (Fsp3) is 0.429. The normalized spacial score (nSPS) is 17.2. The molecule has 76 heavy (non-hydrogen) atoms. The molecular weight excluding hydrogens is 953 g/mol. The van der Waals surface area contributed by atoms with Gasteiger partial charge in [-0.3, -0.25) is 4.79 Å². The number of para-hydroxylation sites is 2. The fourth-order valence-electron chi connectivity index (χ4n) is 14.1. The molecule has 0 bridgehead atoms. The van der Waals surface area contributed by atoms with E-state index >= 15 is 0 Å². The Labute approximate surface area is 443 Å². The number of ether oxygens (including phenoxy) is 2. The zero-order valence-electron chi connectivity index (χ0n) is 44.1. The van der Waals surface area contributed by atoms with E-state index in [1.807, 2.05) is 41.0 Å². The molecule has 0 spiro atoms. The van der Waals surface area contributed by atoms with E-state index in [9.17, 15) is 24.3 Å². The number of carbonyl (C=O) groups is 4. The second-order valence-electron chi connectivity index (χ2n) is 22.0. The van der Waals surface area contributed by atoms with E-state index in [-0.39, 0.29) is 17.8 Å². The Hall–Kier alpha value is -7.12. The first-order valence-corrected chi connectivity index (χ1v) is 28.2. The molecule has 3 fully saturated rings. The third kappa shape index (κ3) is 8.87.